The van der Waals surface area contributed by atoms with Crippen LogP contribution in [0.2, 0.25) is 0 Å². The summed E-state index contributed by atoms with van der Waals surface area (Å²) < 4.78 is 0. The van der Waals surface area contributed by atoms with Crippen molar-refractivity contribution >= 4 is 22.0 Å². The Morgan fingerprint density at radius 1 is 0.828 bits per heavy atom. The lowest BCUT2D eigenvalue weighted by Crippen LogP contribution is -2.22. The van der Waals surface area contributed by atoms with E-state index in [0.29, 0.717) is 5.57 Å². The maximum absolute atomic E-state index is 9.22. The van der Waals surface area contributed by atoms with Crippen LogP contribution in [-0.2, 0) is 0 Å². The smallest absolute Gasteiger partial charge is 0.101 e. The SMILES string of the molecule is C=CCN(CC=C)c1ccc(-c2ccc3cc(/C(C#N)=C/C#N)ccc3c2)cc1. The molecule has 3 rings (SSSR count). The molecule has 0 aromatic heterocycles. The molecule has 3 nitrogen and oxygen atoms in total. The number of rotatable bonds is 7. The molecule has 0 fully saturated rings. The maximum Gasteiger partial charge on any atom is 0.101 e. The van der Waals surface area contributed by atoms with Crippen molar-refractivity contribution in [3.8, 4) is 23.3 Å². The largest absolute Gasteiger partial charge is 0.364 e. The number of benzene rings is 3. The van der Waals surface area contributed by atoms with Gasteiger partial charge in [0.15, 0.2) is 0 Å². The Balaban J connectivity index is 1.91. The molecular formula is C26H21N3. The van der Waals surface area contributed by atoms with Crippen LogP contribution >= 0.6 is 0 Å². The second-order valence-electron chi connectivity index (χ2n) is 6.60. The average Bonchev–Trinajstić information content (AvgIpc) is 2.77. The van der Waals surface area contributed by atoms with Gasteiger partial charge < -0.3 is 4.90 Å². The van der Waals surface area contributed by atoms with Crippen molar-refractivity contribution in [2.75, 3.05) is 18.0 Å². The van der Waals surface area contributed by atoms with Gasteiger partial charge in [0.05, 0.1) is 11.6 Å². The van der Waals surface area contributed by atoms with Gasteiger partial charge in [0.2, 0.25) is 0 Å². The fraction of sp³-hybridized carbons (Fsp3) is 0.0769. The first kappa shape index (κ1) is 19.7. The van der Waals surface area contributed by atoms with Gasteiger partial charge in [-0.15, -0.1) is 13.2 Å². The van der Waals surface area contributed by atoms with Crippen molar-refractivity contribution in [3.05, 3.63) is 97.6 Å². The van der Waals surface area contributed by atoms with Crippen molar-refractivity contribution in [2.45, 2.75) is 0 Å². The number of hydrogen-bond donors (Lipinski definition) is 0. The standard InChI is InChI=1S/C26H21N3/c1-3-15-29(16-4-2)26-11-9-20(10-12-26)21-5-6-23-18-24(8-7-22(23)17-21)25(19-28)13-14-27/h3-13,17-18H,1-2,15-16H2/b25-13+. The first-order valence-corrected chi connectivity index (χ1v) is 9.31. The van der Waals surface area contributed by atoms with Gasteiger partial charge in [-0.05, 0) is 51.7 Å². The summed E-state index contributed by atoms with van der Waals surface area (Å²) in [6, 6.07) is 24.5. The zero-order valence-electron chi connectivity index (χ0n) is 16.2. The topological polar surface area (TPSA) is 50.8 Å². The molecule has 0 heterocycles. The van der Waals surface area contributed by atoms with E-state index in [1.165, 1.54) is 6.08 Å². The molecule has 0 bridgehead atoms. The van der Waals surface area contributed by atoms with Crippen molar-refractivity contribution in [3.63, 3.8) is 0 Å². The molecule has 0 atom stereocenters. The highest BCUT2D eigenvalue weighted by atomic mass is 15.1. The molecule has 29 heavy (non-hydrogen) atoms. The minimum atomic E-state index is 0.373. The Hall–Kier alpha value is -4.08. The van der Waals surface area contributed by atoms with Crippen LogP contribution < -0.4 is 4.90 Å². The van der Waals surface area contributed by atoms with E-state index in [0.717, 1.165) is 46.2 Å². The van der Waals surface area contributed by atoms with Crippen LogP contribution in [0.4, 0.5) is 5.69 Å². The van der Waals surface area contributed by atoms with Gasteiger partial charge >= 0.3 is 0 Å². The Bertz CT molecular complexity index is 1150. The van der Waals surface area contributed by atoms with Crippen LogP contribution in [0.15, 0.2) is 92.0 Å². The van der Waals surface area contributed by atoms with Crippen molar-refractivity contribution < 1.29 is 0 Å². The van der Waals surface area contributed by atoms with Crippen molar-refractivity contribution in [1.29, 1.82) is 10.5 Å². The molecule has 0 aliphatic heterocycles. The summed E-state index contributed by atoms with van der Waals surface area (Å²) in [6.07, 6.45) is 5.05. The average molecular weight is 375 g/mol. The summed E-state index contributed by atoms with van der Waals surface area (Å²) in [5, 5.41) is 20.2. The summed E-state index contributed by atoms with van der Waals surface area (Å²) >= 11 is 0. The van der Waals surface area contributed by atoms with E-state index in [1.54, 1.807) is 0 Å². The molecule has 0 radical (unpaired) electrons. The first-order chi connectivity index (χ1) is 14.2. The van der Waals surface area contributed by atoms with Crippen LogP contribution in [0.25, 0.3) is 27.5 Å². The monoisotopic (exact) mass is 375 g/mol. The maximum atomic E-state index is 9.22. The lowest BCUT2D eigenvalue weighted by Gasteiger charge is -2.21. The molecule has 0 amide bonds. The summed E-state index contributed by atoms with van der Waals surface area (Å²) in [5.74, 6) is 0. The molecule has 0 aliphatic carbocycles. The number of anilines is 1. The fourth-order valence-corrected chi connectivity index (χ4v) is 3.30. The quantitative estimate of drug-likeness (QED) is 0.369. The Morgan fingerprint density at radius 3 is 2.07 bits per heavy atom. The van der Waals surface area contributed by atoms with E-state index in [2.05, 4.69) is 60.5 Å². The lowest BCUT2D eigenvalue weighted by molar-refractivity contribution is 0.957. The van der Waals surface area contributed by atoms with E-state index in [1.807, 2.05) is 42.5 Å². The molecule has 0 saturated carbocycles. The molecule has 0 spiro atoms. The summed E-state index contributed by atoms with van der Waals surface area (Å²) in [6.45, 7) is 9.19. The van der Waals surface area contributed by atoms with Gasteiger partial charge in [-0.3, -0.25) is 0 Å². The molecule has 3 heteroatoms. The van der Waals surface area contributed by atoms with E-state index in [-0.39, 0.29) is 0 Å². The Morgan fingerprint density at radius 2 is 1.45 bits per heavy atom. The fourth-order valence-electron chi connectivity index (χ4n) is 3.30. The van der Waals surface area contributed by atoms with Crippen molar-refractivity contribution in [2.24, 2.45) is 0 Å². The molecule has 0 saturated heterocycles. The third-order valence-electron chi connectivity index (χ3n) is 4.75. The normalized spacial score (nSPS) is 10.8. The summed E-state index contributed by atoms with van der Waals surface area (Å²) in [5.41, 5.74) is 4.52. The highest BCUT2D eigenvalue weighted by molar-refractivity contribution is 5.91. The van der Waals surface area contributed by atoms with Gasteiger partial charge in [0.1, 0.15) is 6.07 Å². The molecule has 0 aliphatic rings. The summed E-state index contributed by atoms with van der Waals surface area (Å²) in [7, 11) is 0. The third-order valence-corrected chi connectivity index (χ3v) is 4.75. The zero-order chi connectivity index (χ0) is 20.6. The second-order valence-corrected chi connectivity index (χ2v) is 6.60. The molecular weight excluding hydrogens is 354 g/mol. The molecule has 3 aromatic rings. The Labute approximate surface area is 171 Å². The van der Waals surface area contributed by atoms with E-state index in [9.17, 15) is 5.26 Å². The number of fused-ring (bicyclic) bond motifs is 1. The molecule has 3 aromatic carbocycles. The van der Waals surface area contributed by atoms with E-state index >= 15 is 0 Å². The first-order valence-electron chi connectivity index (χ1n) is 9.31. The second kappa shape index (κ2) is 9.22. The lowest BCUT2D eigenvalue weighted by atomic mass is 9.98. The number of nitrogens with zero attached hydrogens (tertiary/aromatic N) is 3. The number of nitriles is 2. The number of hydrogen-bond acceptors (Lipinski definition) is 3. The van der Waals surface area contributed by atoms with Gasteiger partial charge in [-0.25, -0.2) is 0 Å². The van der Waals surface area contributed by atoms with Crippen LogP contribution in [0.3, 0.4) is 0 Å². The van der Waals surface area contributed by atoms with Crippen LogP contribution in [0.1, 0.15) is 5.56 Å². The Kier molecular flexibility index (Phi) is 6.25. The third kappa shape index (κ3) is 4.43. The molecule has 0 unspecified atom stereocenters. The van der Waals surface area contributed by atoms with Gasteiger partial charge in [-0.1, -0.05) is 48.6 Å². The van der Waals surface area contributed by atoms with Gasteiger partial charge in [0, 0.05) is 24.9 Å². The zero-order valence-corrected chi connectivity index (χ0v) is 16.2. The predicted molar refractivity (Wildman–Crippen MR) is 121 cm³/mol. The highest BCUT2D eigenvalue weighted by Crippen LogP contribution is 2.28. The minimum Gasteiger partial charge on any atom is -0.364 e. The highest BCUT2D eigenvalue weighted by Gasteiger charge is 2.06. The number of allylic oxidation sites excluding steroid dienone is 2. The molecule has 0 N–H and O–H groups in total. The molecule has 140 valence electrons. The predicted octanol–water partition coefficient (Wildman–Crippen LogP) is 6.12. The van der Waals surface area contributed by atoms with E-state index in [4.69, 9.17) is 5.26 Å². The minimum absolute atomic E-state index is 0.373. The van der Waals surface area contributed by atoms with E-state index < -0.39 is 0 Å². The van der Waals surface area contributed by atoms with Crippen LogP contribution in [0, 0.1) is 22.7 Å². The van der Waals surface area contributed by atoms with Crippen LogP contribution in [0.5, 0.6) is 0 Å². The van der Waals surface area contributed by atoms with Crippen molar-refractivity contribution in [1.82, 2.24) is 0 Å². The van der Waals surface area contributed by atoms with Crippen LogP contribution in [-0.4, -0.2) is 13.1 Å². The van der Waals surface area contributed by atoms with Gasteiger partial charge in [-0.2, -0.15) is 10.5 Å². The van der Waals surface area contributed by atoms with Gasteiger partial charge in [0.25, 0.3) is 0 Å². The summed E-state index contributed by atoms with van der Waals surface area (Å²) in [4.78, 5) is 2.20.